The van der Waals surface area contributed by atoms with Crippen molar-refractivity contribution in [1.82, 2.24) is 0 Å². The highest BCUT2D eigenvalue weighted by Gasteiger charge is 2.23. The Morgan fingerprint density at radius 3 is 2.35 bits per heavy atom. The Hall–Kier alpha value is -3.04. The maximum Gasteiger partial charge on any atom is 0.347 e. The summed E-state index contributed by atoms with van der Waals surface area (Å²) in [6, 6.07) is 15.1. The Bertz CT molecular complexity index is 830. The smallest absolute Gasteiger partial charge is 0.347 e. The van der Waals surface area contributed by atoms with Gasteiger partial charge >= 0.3 is 5.97 Å². The molecule has 0 fully saturated rings. The fraction of sp³-hybridized carbons (Fsp3) is 0.211. The van der Waals surface area contributed by atoms with Crippen molar-refractivity contribution in [2.24, 2.45) is 0 Å². The number of nitriles is 1. The molecule has 2 rings (SSSR count). The highest BCUT2D eigenvalue weighted by molar-refractivity contribution is 6.33. The number of carbonyl (C=O) groups is 2. The standard InChI is InChI=1S/C19H17ClN2O4/c1-12(18(23)22-17-6-4-3-5-16(17)20)26-19(24)13(2)25-15-9-7-14(11-21)8-10-15/h3-10,12-13H,1-2H3,(H,22,23)/t12-,13+/m1/s1. The highest BCUT2D eigenvalue weighted by atomic mass is 35.5. The molecule has 6 nitrogen and oxygen atoms in total. The molecule has 0 unspecified atom stereocenters. The zero-order valence-electron chi connectivity index (χ0n) is 14.2. The van der Waals surface area contributed by atoms with Crippen molar-refractivity contribution in [2.75, 3.05) is 5.32 Å². The molecule has 7 heteroatoms. The molecule has 2 aromatic rings. The number of halogens is 1. The second-order valence-electron chi connectivity index (χ2n) is 5.44. The zero-order chi connectivity index (χ0) is 19.1. The summed E-state index contributed by atoms with van der Waals surface area (Å²) in [4.78, 5) is 24.2. The van der Waals surface area contributed by atoms with Crippen LogP contribution >= 0.6 is 11.6 Å². The maximum absolute atomic E-state index is 12.1. The monoisotopic (exact) mass is 372 g/mol. The van der Waals surface area contributed by atoms with Crippen LogP contribution in [0.1, 0.15) is 19.4 Å². The van der Waals surface area contributed by atoms with Crippen molar-refractivity contribution in [2.45, 2.75) is 26.1 Å². The third-order valence-electron chi connectivity index (χ3n) is 3.42. The molecule has 2 aromatic carbocycles. The van der Waals surface area contributed by atoms with Crippen molar-refractivity contribution < 1.29 is 19.1 Å². The molecule has 2 atom stereocenters. The number of benzene rings is 2. The van der Waals surface area contributed by atoms with Crippen molar-refractivity contribution in [3.63, 3.8) is 0 Å². The van der Waals surface area contributed by atoms with E-state index >= 15 is 0 Å². The van der Waals surface area contributed by atoms with Crippen LogP contribution in [0.3, 0.4) is 0 Å². The number of rotatable bonds is 6. The Morgan fingerprint density at radius 1 is 1.08 bits per heavy atom. The van der Waals surface area contributed by atoms with Gasteiger partial charge in [-0.2, -0.15) is 5.26 Å². The van der Waals surface area contributed by atoms with Crippen LogP contribution in [-0.2, 0) is 14.3 Å². The lowest BCUT2D eigenvalue weighted by atomic mass is 10.2. The van der Waals surface area contributed by atoms with E-state index < -0.39 is 24.1 Å². The van der Waals surface area contributed by atoms with E-state index in [0.717, 1.165) is 0 Å². The molecular weight excluding hydrogens is 356 g/mol. The van der Waals surface area contributed by atoms with Gasteiger partial charge in [-0.15, -0.1) is 0 Å². The van der Waals surface area contributed by atoms with Crippen molar-refractivity contribution >= 4 is 29.2 Å². The third-order valence-corrected chi connectivity index (χ3v) is 3.75. The van der Waals surface area contributed by atoms with Gasteiger partial charge in [-0.25, -0.2) is 4.79 Å². The first-order chi connectivity index (χ1) is 12.4. The highest BCUT2D eigenvalue weighted by Crippen LogP contribution is 2.21. The number of anilines is 1. The summed E-state index contributed by atoms with van der Waals surface area (Å²) in [6.45, 7) is 2.97. The van der Waals surface area contributed by atoms with Crippen LogP contribution in [0.4, 0.5) is 5.69 Å². The molecule has 0 aliphatic heterocycles. The Labute approximate surface area is 156 Å². The zero-order valence-corrected chi connectivity index (χ0v) is 15.0. The van der Waals surface area contributed by atoms with Crippen LogP contribution in [0.5, 0.6) is 5.75 Å². The summed E-state index contributed by atoms with van der Waals surface area (Å²) >= 11 is 5.98. The lowest BCUT2D eigenvalue weighted by Gasteiger charge is -2.18. The van der Waals surface area contributed by atoms with Gasteiger partial charge in [-0.1, -0.05) is 23.7 Å². The molecule has 0 radical (unpaired) electrons. The summed E-state index contributed by atoms with van der Waals surface area (Å²) in [5.74, 6) is -0.769. The van der Waals surface area contributed by atoms with Gasteiger partial charge in [0.2, 0.25) is 0 Å². The van der Waals surface area contributed by atoms with Crippen LogP contribution in [-0.4, -0.2) is 24.1 Å². The molecule has 1 amide bonds. The maximum atomic E-state index is 12.1. The minimum Gasteiger partial charge on any atom is -0.479 e. The number of amides is 1. The second kappa shape index (κ2) is 8.88. The minimum absolute atomic E-state index is 0.386. The molecule has 26 heavy (non-hydrogen) atoms. The molecule has 0 heterocycles. The van der Waals surface area contributed by atoms with Gasteiger partial charge in [0.1, 0.15) is 5.75 Å². The summed E-state index contributed by atoms with van der Waals surface area (Å²) in [5.41, 5.74) is 0.918. The molecular formula is C19H17ClN2O4. The number of ether oxygens (including phenoxy) is 2. The predicted molar refractivity (Wildman–Crippen MR) is 96.9 cm³/mol. The van der Waals surface area contributed by atoms with E-state index in [2.05, 4.69) is 5.32 Å². The molecule has 1 N–H and O–H groups in total. The summed E-state index contributed by atoms with van der Waals surface area (Å²) in [6.07, 6.45) is -1.94. The third kappa shape index (κ3) is 5.23. The molecule has 0 spiro atoms. The molecule has 0 aliphatic rings. The Balaban J connectivity index is 1.89. The first-order valence-electron chi connectivity index (χ1n) is 7.83. The number of carbonyl (C=O) groups excluding carboxylic acids is 2. The summed E-state index contributed by atoms with van der Waals surface area (Å²) in [7, 11) is 0. The lowest BCUT2D eigenvalue weighted by Crippen LogP contribution is -2.35. The van der Waals surface area contributed by atoms with Gasteiger partial charge in [-0.3, -0.25) is 4.79 Å². The number of nitrogens with one attached hydrogen (secondary N) is 1. The lowest BCUT2D eigenvalue weighted by molar-refractivity contribution is -0.159. The Kier molecular flexibility index (Phi) is 6.59. The van der Waals surface area contributed by atoms with Crippen LogP contribution in [0.2, 0.25) is 5.02 Å². The SMILES string of the molecule is C[C@H](Oc1ccc(C#N)cc1)C(=O)O[C@H](C)C(=O)Nc1ccccc1Cl. The molecule has 0 saturated carbocycles. The average Bonchev–Trinajstić information content (AvgIpc) is 2.64. The number of esters is 1. The van der Waals surface area contributed by atoms with Crippen LogP contribution in [0.25, 0.3) is 0 Å². The minimum atomic E-state index is -1.02. The van der Waals surface area contributed by atoms with Crippen LogP contribution in [0, 0.1) is 11.3 Å². The van der Waals surface area contributed by atoms with Gasteiger partial charge in [0.15, 0.2) is 12.2 Å². The fourth-order valence-corrected chi connectivity index (χ4v) is 2.16. The molecule has 0 bridgehead atoms. The summed E-state index contributed by atoms with van der Waals surface area (Å²) < 4.78 is 10.6. The first kappa shape index (κ1) is 19.3. The van der Waals surface area contributed by atoms with Gasteiger partial charge in [0.25, 0.3) is 5.91 Å². The Morgan fingerprint density at radius 2 is 1.73 bits per heavy atom. The van der Waals surface area contributed by atoms with E-state index in [-0.39, 0.29) is 0 Å². The van der Waals surface area contributed by atoms with E-state index in [0.29, 0.717) is 22.0 Å². The normalized spacial score (nSPS) is 12.4. The van der Waals surface area contributed by atoms with Gasteiger partial charge in [0.05, 0.1) is 22.3 Å². The molecule has 134 valence electrons. The quantitative estimate of drug-likeness (QED) is 0.783. The number of hydrogen-bond donors (Lipinski definition) is 1. The number of para-hydroxylation sites is 1. The van der Waals surface area contributed by atoms with Crippen molar-refractivity contribution in [3.05, 3.63) is 59.1 Å². The topological polar surface area (TPSA) is 88.4 Å². The van der Waals surface area contributed by atoms with E-state index in [1.165, 1.54) is 13.8 Å². The van der Waals surface area contributed by atoms with E-state index in [9.17, 15) is 9.59 Å². The van der Waals surface area contributed by atoms with E-state index in [1.54, 1.807) is 48.5 Å². The fourth-order valence-electron chi connectivity index (χ4n) is 1.98. The first-order valence-corrected chi connectivity index (χ1v) is 8.21. The molecule has 0 aromatic heterocycles. The molecule has 0 saturated heterocycles. The van der Waals surface area contributed by atoms with Crippen LogP contribution < -0.4 is 10.1 Å². The number of nitrogens with zero attached hydrogens (tertiary/aromatic N) is 1. The van der Waals surface area contributed by atoms with Crippen molar-refractivity contribution in [3.8, 4) is 11.8 Å². The largest absolute Gasteiger partial charge is 0.479 e. The van der Waals surface area contributed by atoms with Gasteiger partial charge in [0, 0.05) is 0 Å². The van der Waals surface area contributed by atoms with Gasteiger partial charge in [-0.05, 0) is 50.2 Å². The van der Waals surface area contributed by atoms with Crippen molar-refractivity contribution in [1.29, 1.82) is 5.26 Å². The molecule has 0 aliphatic carbocycles. The average molecular weight is 373 g/mol. The predicted octanol–water partition coefficient (Wildman–Crippen LogP) is 3.55. The van der Waals surface area contributed by atoms with Gasteiger partial charge < -0.3 is 14.8 Å². The summed E-state index contributed by atoms with van der Waals surface area (Å²) in [5, 5.41) is 11.7. The second-order valence-corrected chi connectivity index (χ2v) is 5.85. The van der Waals surface area contributed by atoms with Crippen LogP contribution in [0.15, 0.2) is 48.5 Å². The van der Waals surface area contributed by atoms with E-state index in [4.69, 9.17) is 26.3 Å². The number of hydrogen-bond acceptors (Lipinski definition) is 5. The van der Waals surface area contributed by atoms with E-state index in [1.807, 2.05) is 6.07 Å².